The van der Waals surface area contributed by atoms with Gasteiger partial charge in [0.2, 0.25) is 0 Å². The quantitative estimate of drug-likeness (QED) is 0.872. The van der Waals surface area contributed by atoms with Crippen LogP contribution in [0.15, 0.2) is 18.2 Å². The summed E-state index contributed by atoms with van der Waals surface area (Å²) < 4.78 is 0. The van der Waals surface area contributed by atoms with Crippen molar-refractivity contribution in [2.75, 3.05) is 13.1 Å². The summed E-state index contributed by atoms with van der Waals surface area (Å²) in [5.74, 6) is 0. The molecule has 0 spiro atoms. The van der Waals surface area contributed by atoms with Crippen LogP contribution in [-0.2, 0) is 6.42 Å². The van der Waals surface area contributed by atoms with Crippen molar-refractivity contribution in [1.29, 1.82) is 0 Å². The molecule has 2 aliphatic rings. The highest BCUT2D eigenvalue weighted by Gasteiger charge is 2.36. The van der Waals surface area contributed by atoms with Gasteiger partial charge in [0.05, 0.1) is 0 Å². The first-order valence-corrected chi connectivity index (χ1v) is 8.90. The van der Waals surface area contributed by atoms with Crippen molar-refractivity contribution in [3.05, 3.63) is 34.9 Å². The van der Waals surface area contributed by atoms with Crippen LogP contribution in [0.25, 0.3) is 0 Å². The maximum atomic E-state index is 3.69. The Labute approximate surface area is 129 Å². The molecule has 2 nitrogen and oxygen atoms in total. The first-order chi connectivity index (χ1) is 10.3. The molecule has 0 aromatic heterocycles. The molecule has 1 N–H and O–H groups in total. The van der Waals surface area contributed by atoms with E-state index in [0.717, 1.165) is 12.6 Å². The highest BCUT2D eigenvalue weighted by Crippen LogP contribution is 2.44. The number of hydrogen-bond acceptors (Lipinski definition) is 2. The minimum Gasteiger partial charge on any atom is -0.310 e. The summed E-state index contributed by atoms with van der Waals surface area (Å²) in [5.41, 5.74) is 4.87. The molecule has 1 aromatic rings. The number of nitrogens with one attached hydrogen (secondary N) is 1. The highest BCUT2D eigenvalue weighted by molar-refractivity contribution is 5.43. The van der Waals surface area contributed by atoms with Gasteiger partial charge in [0.1, 0.15) is 0 Å². The van der Waals surface area contributed by atoms with E-state index in [-0.39, 0.29) is 0 Å². The van der Waals surface area contributed by atoms with Gasteiger partial charge in [-0.3, -0.25) is 4.90 Å². The molecular formula is C19H30N2. The predicted octanol–water partition coefficient (Wildman–Crippen LogP) is 4.22. The third-order valence-electron chi connectivity index (χ3n) is 5.57. The third kappa shape index (κ3) is 2.64. The molecule has 1 aromatic carbocycles. The van der Waals surface area contributed by atoms with E-state index in [1.54, 1.807) is 16.7 Å². The first-order valence-electron chi connectivity index (χ1n) is 8.90. The summed E-state index contributed by atoms with van der Waals surface area (Å²) >= 11 is 0. The Kier molecular flexibility index (Phi) is 4.66. The molecular weight excluding hydrogens is 256 g/mol. The SMILES string of the molecule is CCNC1CCC2c3c(cccc31)CCN2C(CC)CC. The topological polar surface area (TPSA) is 15.3 Å². The molecule has 0 bridgehead atoms. The van der Waals surface area contributed by atoms with Crippen LogP contribution in [0.2, 0.25) is 0 Å². The smallest absolute Gasteiger partial charge is 0.0357 e. The maximum absolute atomic E-state index is 3.69. The summed E-state index contributed by atoms with van der Waals surface area (Å²) in [6.07, 6.45) is 6.39. The summed E-state index contributed by atoms with van der Waals surface area (Å²) in [6, 6.07) is 9.01. The molecule has 116 valence electrons. The van der Waals surface area contributed by atoms with Crippen LogP contribution in [0.4, 0.5) is 0 Å². The van der Waals surface area contributed by atoms with Crippen molar-refractivity contribution in [3.8, 4) is 0 Å². The Bertz CT molecular complexity index is 478. The van der Waals surface area contributed by atoms with Gasteiger partial charge in [-0.25, -0.2) is 0 Å². The van der Waals surface area contributed by atoms with E-state index >= 15 is 0 Å². The van der Waals surface area contributed by atoms with Crippen LogP contribution in [0.3, 0.4) is 0 Å². The van der Waals surface area contributed by atoms with Gasteiger partial charge < -0.3 is 5.32 Å². The lowest BCUT2D eigenvalue weighted by Gasteiger charge is -2.46. The summed E-state index contributed by atoms with van der Waals surface area (Å²) in [7, 11) is 0. The zero-order valence-corrected chi connectivity index (χ0v) is 13.9. The van der Waals surface area contributed by atoms with Gasteiger partial charge >= 0.3 is 0 Å². The minimum absolute atomic E-state index is 0.572. The normalized spacial score (nSPS) is 25.1. The molecule has 0 fully saturated rings. The Balaban J connectivity index is 1.97. The molecule has 0 amide bonds. The fourth-order valence-electron chi connectivity index (χ4n) is 4.58. The van der Waals surface area contributed by atoms with Crippen LogP contribution in [0.5, 0.6) is 0 Å². The van der Waals surface area contributed by atoms with Gasteiger partial charge in [-0.05, 0) is 55.3 Å². The molecule has 1 heterocycles. The van der Waals surface area contributed by atoms with Crippen LogP contribution >= 0.6 is 0 Å². The van der Waals surface area contributed by atoms with Crippen LogP contribution in [0, 0.1) is 0 Å². The van der Waals surface area contributed by atoms with E-state index in [2.05, 4.69) is 49.2 Å². The average Bonchev–Trinajstić information content (AvgIpc) is 2.53. The lowest BCUT2D eigenvalue weighted by molar-refractivity contribution is 0.0979. The van der Waals surface area contributed by atoms with Crippen LogP contribution in [0.1, 0.15) is 75.2 Å². The number of nitrogens with zero attached hydrogens (tertiary/aromatic N) is 1. The Morgan fingerprint density at radius 2 is 2.00 bits per heavy atom. The predicted molar refractivity (Wildman–Crippen MR) is 89.6 cm³/mol. The fraction of sp³-hybridized carbons (Fsp3) is 0.684. The second kappa shape index (κ2) is 6.50. The monoisotopic (exact) mass is 286 g/mol. The summed E-state index contributed by atoms with van der Waals surface area (Å²) in [5, 5.41) is 3.69. The van der Waals surface area contributed by atoms with Gasteiger partial charge in [-0.2, -0.15) is 0 Å². The van der Waals surface area contributed by atoms with Gasteiger partial charge in [0, 0.05) is 24.7 Å². The standard InChI is InChI=1S/C19H30N2/c1-4-15(5-2)21-13-12-14-8-7-9-16-17(20-6-3)10-11-18(21)19(14)16/h7-9,15,17-18,20H,4-6,10-13H2,1-3H3. The maximum Gasteiger partial charge on any atom is 0.0357 e. The molecule has 2 unspecified atom stereocenters. The Morgan fingerprint density at radius 3 is 2.71 bits per heavy atom. The molecule has 1 aliphatic carbocycles. The van der Waals surface area contributed by atoms with Crippen molar-refractivity contribution in [2.24, 2.45) is 0 Å². The van der Waals surface area contributed by atoms with Crippen molar-refractivity contribution >= 4 is 0 Å². The lowest BCUT2D eigenvalue weighted by Crippen LogP contribution is -2.45. The van der Waals surface area contributed by atoms with E-state index in [4.69, 9.17) is 0 Å². The fourth-order valence-corrected chi connectivity index (χ4v) is 4.58. The summed E-state index contributed by atoms with van der Waals surface area (Å²) in [4.78, 5) is 2.81. The Hall–Kier alpha value is -0.860. The minimum atomic E-state index is 0.572. The van der Waals surface area contributed by atoms with Gasteiger partial charge in [0.15, 0.2) is 0 Å². The van der Waals surface area contributed by atoms with Crippen molar-refractivity contribution in [3.63, 3.8) is 0 Å². The second-order valence-electron chi connectivity index (χ2n) is 6.58. The highest BCUT2D eigenvalue weighted by atomic mass is 15.2. The molecule has 1 aliphatic heterocycles. The van der Waals surface area contributed by atoms with E-state index in [1.807, 2.05) is 0 Å². The zero-order valence-electron chi connectivity index (χ0n) is 13.9. The van der Waals surface area contributed by atoms with E-state index in [9.17, 15) is 0 Å². The second-order valence-corrected chi connectivity index (χ2v) is 6.58. The number of rotatable bonds is 5. The molecule has 0 saturated carbocycles. The molecule has 2 atom stereocenters. The van der Waals surface area contributed by atoms with Gasteiger partial charge in [-0.15, -0.1) is 0 Å². The molecule has 0 saturated heterocycles. The largest absolute Gasteiger partial charge is 0.310 e. The van der Waals surface area contributed by atoms with Crippen molar-refractivity contribution in [2.45, 2.75) is 71.0 Å². The molecule has 3 rings (SSSR count). The van der Waals surface area contributed by atoms with E-state index in [0.29, 0.717) is 12.1 Å². The van der Waals surface area contributed by atoms with Crippen molar-refractivity contribution in [1.82, 2.24) is 10.2 Å². The Morgan fingerprint density at radius 1 is 1.19 bits per heavy atom. The van der Waals surface area contributed by atoms with Gasteiger partial charge in [0.25, 0.3) is 0 Å². The van der Waals surface area contributed by atoms with Gasteiger partial charge in [-0.1, -0.05) is 39.0 Å². The molecule has 21 heavy (non-hydrogen) atoms. The van der Waals surface area contributed by atoms with Crippen LogP contribution in [-0.4, -0.2) is 24.0 Å². The molecule has 0 radical (unpaired) electrons. The van der Waals surface area contributed by atoms with E-state index in [1.165, 1.54) is 38.6 Å². The number of benzene rings is 1. The van der Waals surface area contributed by atoms with E-state index < -0.39 is 0 Å². The first kappa shape index (κ1) is 15.1. The zero-order chi connectivity index (χ0) is 14.8. The third-order valence-corrected chi connectivity index (χ3v) is 5.57. The van der Waals surface area contributed by atoms with Crippen LogP contribution < -0.4 is 5.32 Å². The number of hydrogen-bond donors (Lipinski definition) is 1. The molecule has 2 heteroatoms. The summed E-state index contributed by atoms with van der Waals surface area (Å²) in [6.45, 7) is 9.23. The average molecular weight is 286 g/mol. The lowest BCUT2D eigenvalue weighted by atomic mass is 9.77. The van der Waals surface area contributed by atoms with Crippen molar-refractivity contribution < 1.29 is 0 Å².